The van der Waals surface area contributed by atoms with Gasteiger partial charge in [-0.25, -0.2) is 14.4 Å². The van der Waals surface area contributed by atoms with E-state index in [0.717, 1.165) is 5.82 Å². The van der Waals surface area contributed by atoms with E-state index in [1.807, 2.05) is 11.0 Å². The van der Waals surface area contributed by atoms with Crippen molar-refractivity contribution in [1.29, 1.82) is 5.26 Å². The summed E-state index contributed by atoms with van der Waals surface area (Å²) in [5, 5.41) is 12.2. The summed E-state index contributed by atoms with van der Waals surface area (Å²) in [4.78, 5) is 12.3. The smallest absolute Gasteiger partial charge is 0.157 e. The molecule has 2 aromatic rings. The quantitative estimate of drug-likeness (QED) is 0.861. The Kier molecular flexibility index (Phi) is 4.67. The van der Waals surface area contributed by atoms with Crippen molar-refractivity contribution in [2.24, 2.45) is 0 Å². The molecule has 8 heteroatoms. The number of anilines is 3. The van der Waals surface area contributed by atoms with E-state index in [4.69, 9.17) is 16.9 Å². The van der Waals surface area contributed by atoms with E-state index >= 15 is 0 Å². The minimum absolute atomic E-state index is 0.323. The Morgan fingerprint density at radius 3 is 2.54 bits per heavy atom. The Morgan fingerprint density at radius 2 is 1.92 bits per heavy atom. The number of benzene rings is 1. The zero-order valence-electron chi connectivity index (χ0n) is 13.1. The van der Waals surface area contributed by atoms with Crippen LogP contribution in [0.1, 0.15) is 5.56 Å². The molecule has 0 amide bonds. The van der Waals surface area contributed by atoms with Crippen molar-refractivity contribution >= 4 is 28.8 Å². The van der Waals surface area contributed by atoms with Gasteiger partial charge in [-0.15, -0.1) is 0 Å². The van der Waals surface area contributed by atoms with Crippen LogP contribution in [0, 0.1) is 17.1 Å². The average molecular weight is 347 g/mol. The summed E-state index contributed by atoms with van der Waals surface area (Å²) < 4.78 is 14.2. The van der Waals surface area contributed by atoms with Gasteiger partial charge in [0.2, 0.25) is 0 Å². The minimum atomic E-state index is -0.372. The maximum atomic E-state index is 14.2. The van der Waals surface area contributed by atoms with Crippen molar-refractivity contribution < 1.29 is 4.39 Å². The molecule has 0 aliphatic carbocycles. The fourth-order valence-electron chi connectivity index (χ4n) is 2.80. The number of rotatable bonds is 3. The molecule has 1 aromatic carbocycles. The molecule has 1 aliphatic rings. The van der Waals surface area contributed by atoms with Crippen LogP contribution in [0.5, 0.6) is 0 Å². The number of hydrogen-bond donors (Lipinski definition) is 1. The summed E-state index contributed by atoms with van der Waals surface area (Å²) in [6.07, 6.45) is 1.44. The fraction of sp³-hybridized carbons (Fsp3) is 0.312. The lowest BCUT2D eigenvalue weighted by Gasteiger charge is -2.37. The normalized spacial score (nSPS) is 14.4. The van der Waals surface area contributed by atoms with Crippen LogP contribution < -0.4 is 15.1 Å². The van der Waals surface area contributed by atoms with Crippen molar-refractivity contribution in [3.05, 3.63) is 41.1 Å². The van der Waals surface area contributed by atoms with Gasteiger partial charge in [0.05, 0.1) is 17.3 Å². The SMILES string of the molecule is CNc1c(Cl)ncnc1N1CCN(c2ccc(C#N)cc2F)CC1. The monoisotopic (exact) mass is 346 g/mol. The third-order valence-corrected chi connectivity index (χ3v) is 4.31. The molecule has 0 unspecified atom stereocenters. The topological polar surface area (TPSA) is 68.1 Å². The first-order valence-corrected chi connectivity index (χ1v) is 7.89. The maximum absolute atomic E-state index is 14.2. The van der Waals surface area contributed by atoms with Gasteiger partial charge >= 0.3 is 0 Å². The van der Waals surface area contributed by atoms with Crippen LogP contribution in [-0.2, 0) is 0 Å². The van der Waals surface area contributed by atoms with Crippen molar-refractivity contribution in [2.45, 2.75) is 0 Å². The lowest BCUT2D eigenvalue weighted by Crippen LogP contribution is -2.47. The van der Waals surface area contributed by atoms with Crippen LogP contribution in [0.25, 0.3) is 0 Å². The van der Waals surface area contributed by atoms with E-state index in [9.17, 15) is 4.39 Å². The molecule has 1 fully saturated rings. The average Bonchev–Trinajstić information content (AvgIpc) is 2.61. The van der Waals surface area contributed by atoms with Crippen LogP contribution in [-0.4, -0.2) is 43.2 Å². The van der Waals surface area contributed by atoms with Crippen molar-refractivity contribution in [2.75, 3.05) is 48.3 Å². The molecule has 124 valence electrons. The Labute approximate surface area is 144 Å². The van der Waals surface area contributed by atoms with E-state index in [1.165, 1.54) is 12.4 Å². The molecule has 1 N–H and O–H groups in total. The number of nitrogens with one attached hydrogen (secondary N) is 1. The molecule has 0 bridgehead atoms. The third-order valence-electron chi connectivity index (χ3n) is 4.03. The molecule has 1 saturated heterocycles. The van der Waals surface area contributed by atoms with Gasteiger partial charge in [0.15, 0.2) is 11.0 Å². The number of hydrogen-bond acceptors (Lipinski definition) is 6. The van der Waals surface area contributed by atoms with Crippen LogP contribution in [0.4, 0.5) is 21.6 Å². The molecule has 0 spiro atoms. The van der Waals surface area contributed by atoms with Gasteiger partial charge in [-0.2, -0.15) is 5.26 Å². The number of piperazine rings is 1. The van der Waals surface area contributed by atoms with E-state index in [0.29, 0.717) is 48.3 Å². The Hall–Kier alpha value is -2.59. The summed E-state index contributed by atoms with van der Waals surface area (Å²) in [5.41, 5.74) is 1.53. The summed E-state index contributed by atoms with van der Waals surface area (Å²) in [6, 6.07) is 6.50. The first-order valence-electron chi connectivity index (χ1n) is 7.52. The second-order valence-electron chi connectivity index (χ2n) is 5.37. The van der Waals surface area contributed by atoms with Crippen LogP contribution in [0.2, 0.25) is 5.15 Å². The number of nitrogens with zero attached hydrogens (tertiary/aromatic N) is 5. The van der Waals surface area contributed by atoms with E-state index in [-0.39, 0.29) is 5.82 Å². The molecular weight excluding hydrogens is 331 g/mol. The van der Waals surface area contributed by atoms with Gasteiger partial charge < -0.3 is 15.1 Å². The largest absolute Gasteiger partial charge is 0.383 e. The van der Waals surface area contributed by atoms with Crippen molar-refractivity contribution in [1.82, 2.24) is 9.97 Å². The van der Waals surface area contributed by atoms with Gasteiger partial charge in [0.1, 0.15) is 17.8 Å². The molecular formula is C16H16ClFN6. The summed E-state index contributed by atoms with van der Waals surface area (Å²) in [5.74, 6) is 0.376. The summed E-state index contributed by atoms with van der Waals surface area (Å²) >= 11 is 6.10. The molecule has 1 aromatic heterocycles. The minimum Gasteiger partial charge on any atom is -0.383 e. The van der Waals surface area contributed by atoms with Gasteiger partial charge in [0.25, 0.3) is 0 Å². The lowest BCUT2D eigenvalue weighted by molar-refractivity contribution is 0.596. The van der Waals surface area contributed by atoms with E-state index in [1.54, 1.807) is 19.2 Å². The fourth-order valence-corrected chi connectivity index (χ4v) is 3.03. The van der Waals surface area contributed by atoms with Crippen LogP contribution >= 0.6 is 11.6 Å². The predicted octanol–water partition coefficient (Wildman–Crippen LogP) is 2.51. The van der Waals surface area contributed by atoms with Gasteiger partial charge in [-0.05, 0) is 18.2 Å². The highest BCUT2D eigenvalue weighted by atomic mass is 35.5. The van der Waals surface area contributed by atoms with E-state index < -0.39 is 0 Å². The Morgan fingerprint density at radius 1 is 1.21 bits per heavy atom. The molecule has 0 saturated carbocycles. The second kappa shape index (κ2) is 6.89. The molecule has 24 heavy (non-hydrogen) atoms. The standard InChI is InChI=1S/C16H16ClFN6/c1-20-14-15(17)21-10-22-16(14)24-6-4-23(5-7-24)13-3-2-11(9-19)8-12(13)18/h2-3,8,10,20H,4-7H2,1H3. The summed E-state index contributed by atoms with van der Waals surface area (Å²) in [6.45, 7) is 2.66. The number of nitriles is 1. The molecule has 2 heterocycles. The first-order chi connectivity index (χ1) is 11.6. The number of halogens is 2. The first kappa shape index (κ1) is 16.3. The highest BCUT2D eigenvalue weighted by Gasteiger charge is 2.23. The predicted molar refractivity (Wildman–Crippen MR) is 92.1 cm³/mol. The molecule has 0 atom stereocenters. The second-order valence-corrected chi connectivity index (χ2v) is 5.72. The maximum Gasteiger partial charge on any atom is 0.157 e. The molecule has 6 nitrogen and oxygen atoms in total. The summed E-state index contributed by atoms with van der Waals surface area (Å²) in [7, 11) is 1.77. The van der Waals surface area contributed by atoms with Gasteiger partial charge in [-0.1, -0.05) is 11.6 Å². The van der Waals surface area contributed by atoms with Crippen molar-refractivity contribution in [3.63, 3.8) is 0 Å². The zero-order chi connectivity index (χ0) is 17.1. The lowest BCUT2D eigenvalue weighted by atomic mass is 10.2. The van der Waals surface area contributed by atoms with Crippen LogP contribution in [0.3, 0.4) is 0 Å². The van der Waals surface area contributed by atoms with Crippen LogP contribution in [0.15, 0.2) is 24.5 Å². The zero-order valence-corrected chi connectivity index (χ0v) is 13.9. The Balaban J connectivity index is 1.75. The third kappa shape index (κ3) is 3.05. The van der Waals surface area contributed by atoms with Crippen molar-refractivity contribution in [3.8, 4) is 6.07 Å². The molecule has 3 rings (SSSR count). The van der Waals surface area contributed by atoms with Gasteiger partial charge in [0, 0.05) is 33.2 Å². The van der Waals surface area contributed by atoms with Gasteiger partial charge in [-0.3, -0.25) is 0 Å². The highest BCUT2D eigenvalue weighted by molar-refractivity contribution is 6.32. The Bertz CT molecular complexity index is 783. The molecule has 1 aliphatic heterocycles. The molecule has 0 radical (unpaired) electrons. The van der Waals surface area contributed by atoms with E-state index in [2.05, 4.69) is 20.2 Å². The highest BCUT2D eigenvalue weighted by Crippen LogP contribution is 2.30. The number of aromatic nitrogens is 2.